The fourth-order valence-electron chi connectivity index (χ4n) is 2.91. The van der Waals surface area contributed by atoms with E-state index in [-0.39, 0.29) is 16.7 Å². The molecule has 0 atom stereocenters. The highest BCUT2D eigenvalue weighted by molar-refractivity contribution is 6.00. The summed E-state index contributed by atoms with van der Waals surface area (Å²) in [6, 6.07) is 6.00. The summed E-state index contributed by atoms with van der Waals surface area (Å²) in [6.07, 6.45) is 0. The Morgan fingerprint density at radius 3 is 1.72 bits per heavy atom. The van der Waals surface area contributed by atoms with Crippen LogP contribution in [-0.2, 0) is 19.1 Å². The molecule has 7 heteroatoms. The highest BCUT2D eigenvalue weighted by Gasteiger charge is 2.37. The van der Waals surface area contributed by atoms with Crippen LogP contribution in [0.25, 0.3) is 0 Å². The fourth-order valence-corrected chi connectivity index (χ4v) is 2.91. The lowest BCUT2D eigenvalue weighted by Crippen LogP contribution is -2.32. The van der Waals surface area contributed by atoms with E-state index in [1.165, 1.54) is 26.4 Å². The molecule has 1 heterocycles. The molecule has 2 N–H and O–H groups in total. The molecule has 1 aromatic carbocycles. The maximum atomic E-state index is 12.3. The fraction of sp³-hybridized carbons (Fsp3) is 0.278. The van der Waals surface area contributed by atoms with Crippen LogP contribution in [-0.4, -0.2) is 37.2 Å². The largest absolute Gasteiger partial charge is 0.478 e. The van der Waals surface area contributed by atoms with Gasteiger partial charge in [0.05, 0.1) is 36.8 Å². The van der Waals surface area contributed by atoms with Gasteiger partial charge in [-0.15, -0.1) is 0 Å². The van der Waals surface area contributed by atoms with Gasteiger partial charge in [0.15, 0.2) is 0 Å². The van der Waals surface area contributed by atoms with Crippen molar-refractivity contribution in [3.8, 4) is 0 Å². The van der Waals surface area contributed by atoms with E-state index in [1.54, 1.807) is 26.0 Å². The molecular formula is C18H19NO6. The van der Waals surface area contributed by atoms with E-state index in [1.807, 2.05) is 0 Å². The van der Waals surface area contributed by atoms with Gasteiger partial charge in [0.2, 0.25) is 0 Å². The number of dihydropyridines is 1. The number of carboxylic acid groups (broad SMARTS) is 1. The van der Waals surface area contributed by atoms with Crippen molar-refractivity contribution in [1.82, 2.24) is 5.32 Å². The first-order chi connectivity index (χ1) is 11.8. The molecule has 1 aromatic rings. The normalized spacial score (nSPS) is 14.9. The molecule has 0 aliphatic carbocycles. The Bertz CT molecular complexity index is 750. The van der Waals surface area contributed by atoms with Gasteiger partial charge in [0.25, 0.3) is 0 Å². The van der Waals surface area contributed by atoms with Gasteiger partial charge in [-0.2, -0.15) is 0 Å². The van der Waals surface area contributed by atoms with Crippen LogP contribution in [0.3, 0.4) is 0 Å². The number of carbonyl (C=O) groups excluding carboxylic acids is 2. The highest BCUT2D eigenvalue weighted by Crippen LogP contribution is 2.39. The van der Waals surface area contributed by atoms with Crippen molar-refractivity contribution in [3.05, 3.63) is 57.9 Å². The predicted octanol–water partition coefficient (Wildman–Crippen LogP) is 1.97. The Hall–Kier alpha value is -3.09. The number of methoxy groups -OCH3 is 2. The van der Waals surface area contributed by atoms with E-state index in [2.05, 4.69) is 5.32 Å². The van der Waals surface area contributed by atoms with Gasteiger partial charge < -0.3 is 19.9 Å². The van der Waals surface area contributed by atoms with Crippen LogP contribution in [0.2, 0.25) is 0 Å². The summed E-state index contributed by atoms with van der Waals surface area (Å²) in [6.45, 7) is 3.42. The van der Waals surface area contributed by atoms with Crippen molar-refractivity contribution in [2.24, 2.45) is 0 Å². The van der Waals surface area contributed by atoms with Crippen molar-refractivity contribution in [2.45, 2.75) is 19.8 Å². The molecule has 0 radical (unpaired) electrons. The zero-order chi connectivity index (χ0) is 18.7. The monoisotopic (exact) mass is 345 g/mol. The molecule has 0 bridgehead atoms. The minimum Gasteiger partial charge on any atom is -0.478 e. The lowest BCUT2D eigenvalue weighted by molar-refractivity contribution is -0.137. The third kappa shape index (κ3) is 3.40. The summed E-state index contributed by atoms with van der Waals surface area (Å²) >= 11 is 0. The van der Waals surface area contributed by atoms with Crippen molar-refractivity contribution in [1.29, 1.82) is 0 Å². The summed E-state index contributed by atoms with van der Waals surface area (Å²) in [7, 11) is 2.52. The molecule has 25 heavy (non-hydrogen) atoms. The van der Waals surface area contributed by atoms with Gasteiger partial charge in [-0.1, -0.05) is 12.1 Å². The first-order valence-electron chi connectivity index (χ1n) is 7.50. The zero-order valence-electron chi connectivity index (χ0n) is 14.4. The van der Waals surface area contributed by atoms with Gasteiger partial charge >= 0.3 is 17.9 Å². The Kier molecular flexibility index (Phi) is 5.26. The predicted molar refractivity (Wildman–Crippen MR) is 88.7 cm³/mol. The third-order valence-corrected chi connectivity index (χ3v) is 4.06. The lowest BCUT2D eigenvalue weighted by Gasteiger charge is -2.30. The van der Waals surface area contributed by atoms with E-state index >= 15 is 0 Å². The molecule has 0 saturated heterocycles. The molecule has 1 aliphatic rings. The quantitative estimate of drug-likeness (QED) is 0.804. The third-order valence-electron chi connectivity index (χ3n) is 4.06. The zero-order valence-corrected chi connectivity index (χ0v) is 14.4. The van der Waals surface area contributed by atoms with Crippen LogP contribution in [0.4, 0.5) is 0 Å². The van der Waals surface area contributed by atoms with E-state index in [0.29, 0.717) is 17.0 Å². The second kappa shape index (κ2) is 7.21. The summed E-state index contributed by atoms with van der Waals surface area (Å²) in [5, 5.41) is 12.1. The van der Waals surface area contributed by atoms with Crippen molar-refractivity contribution in [3.63, 3.8) is 0 Å². The number of rotatable bonds is 4. The van der Waals surface area contributed by atoms with Crippen LogP contribution >= 0.6 is 0 Å². The van der Waals surface area contributed by atoms with E-state index in [0.717, 1.165) is 0 Å². The molecule has 0 spiro atoms. The Labute approximate surface area is 144 Å². The molecule has 0 unspecified atom stereocenters. The van der Waals surface area contributed by atoms with Gasteiger partial charge in [0.1, 0.15) is 0 Å². The number of aromatic carboxylic acids is 1. The average Bonchev–Trinajstić information content (AvgIpc) is 2.60. The van der Waals surface area contributed by atoms with Crippen LogP contribution in [0.5, 0.6) is 0 Å². The summed E-state index contributed by atoms with van der Waals surface area (Å²) in [5.74, 6) is -2.93. The number of benzene rings is 1. The Balaban J connectivity index is 2.65. The molecule has 0 amide bonds. The van der Waals surface area contributed by atoms with Gasteiger partial charge in [-0.05, 0) is 31.5 Å². The van der Waals surface area contributed by atoms with Gasteiger partial charge in [-0.25, -0.2) is 14.4 Å². The van der Waals surface area contributed by atoms with E-state index in [9.17, 15) is 14.4 Å². The smallest absolute Gasteiger partial charge is 0.336 e. The summed E-state index contributed by atoms with van der Waals surface area (Å²) in [4.78, 5) is 35.7. The minimum absolute atomic E-state index is 0.110. The first-order valence-corrected chi connectivity index (χ1v) is 7.50. The Morgan fingerprint density at radius 2 is 1.36 bits per heavy atom. The molecule has 0 fully saturated rings. The number of esters is 2. The minimum atomic E-state index is -1.06. The molecular weight excluding hydrogens is 326 g/mol. The van der Waals surface area contributed by atoms with Crippen LogP contribution in [0, 0.1) is 0 Å². The molecule has 1 aliphatic heterocycles. The van der Waals surface area contributed by atoms with Crippen molar-refractivity contribution >= 4 is 17.9 Å². The Morgan fingerprint density at radius 1 is 0.920 bits per heavy atom. The molecule has 2 rings (SSSR count). The number of allylic oxidation sites excluding steroid dienone is 2. The topological polar surface area (TPSA) is 102 Å². The summed E-state index contributed by atoms with van der Waals surface area (Å²) in [5.41, 5.74) is 2.37. The molecule has 7 nitrogen and oxygen atoms in total. The van der Waals surface area contributed by atoms with Crippen molar-refractivity contribution < 1.29 is 29.0 Å². The number of carbonyl (C=O) groups is 3. The second-order valence-corrected chi connectivity index (χ2v) is 5.55. The van der Waals surface area contributed by atoms with Gasteiger partial charge in [0, 0.05) is 11.4 Å². The summed E-state index contributed by atoms with van der Waals surface area (Å²) < 4.78 is 9.73. The maximum Gasteiger partial charge on any atom is 0.336 e. The van der Waals surface area contributed by atoms with Crippen molar-refractivity contribution in [2.75, 3.05) is 14.2 Å². The maximum absolute atomic E-state index is 12.3. The van der Waals surface area contributed by atoms with E-state index < -0.39 is 23.8 Å². The van der Waals surface area contributed by atoms with E-state index in [4.69, 9.17) is 14.6 Å². The van der Waals surface area contributed by atoms with Crippen LogP contribution in [0.1, 0.15) is 35.7 Å². The second-order valence-electron chi connectivity index (χ2n) is 5.55. The standard InChI is InChI=1S/C18H19NO6/c1-9-13(17(22)24-3)15(14(10(2)19-9)18(23)25-4)11-5-7-12(8-6-11)16(20)21/h5-8,15,19H,1-4H3,(H,20,21). The SMILES string of the molecule is COC(=O)C1=C(C)NC(C)=C(C(=O)OC)C1c1ccc(C(=O)O)cc1. The molecule has 0 aromatic heterocycles. The van der Waals surface area contributed by atoms with Crippen LogP contribution < -0.4 is 5.32 Å². The highest BCUT2D eigenvalue weighted by atomic mass is 16.5. The number of ether oxygens (including phenoxy) is 2. The lowest BCUT2D eigenvalue weighted by atomic mass is 9.80. The number of carboxylic acids is 1. The first kappa shape index (κ1) is 18.3. The van der Waals surface area contributed by atoms with Gasteiger partial charge in [-0.3, -0.25) is 0 Å². The average molecular weight is 345 g/mol. The van der Waals surface area contributed by atoms with Crippen LogP contribution in [0.15, 0.2) is 46.8 Å². The number of hydrogen-bond acceptors (Lipinski definition) is 6. The molecule has 0 saturated carbocycles. The number of nitrogens with one attached hydrogen (secondary N) is 1. The molecule has 132 valence electrons. The number of hydrogen-bond donors (Lipinski definition) is 2.